The van der Waals surface area contributed by atoms with Gasteiger partial charge in [0.15, 0.2) is 5.82 Å². The highest BCUT2D eigenvalue weighted by molar-refractivity contribution is 7.99. The Morgan fingerprint density at radius 3 is 2.74 bits per heavy atom. The van der Waals surface area contributed by atoms with Crippen molar-refractivity contribution in [1.29, 1.82) is 0 Å². The minimum atomic E-state index is 0.726. The molecular formula is C21H16ClN3S2. The van der Waals surface area contributed by atoms with Crippen LogP contribution in [0.4, 0.5) is 0 Å². The normalized spacial score (nSPS) is 13.7. The molecule has 1 aliphatic rings. The summed E-state index contributed by atoms with van der Waals surface area (Å²) in [5.74, 6) is 0.726. The first-order valence-electron chi connectivity index (χ1n) is 8.94. The average molecular weight is 410 g/mol. The molecule has 3 heterocycles. The molecule has 0 aliphatic heterocycles. The molecule has 1 aromatic carbocycles. The third-order valence-corrected chi connectivity index (χ3v) is 7.44. The summed E-state index contributed by atoms with van der Waals surface area (Å²) in [6.45, 7) is 0. The second-order valence-electron chi connectivity index (χ2n) is 6.52. The Balaban J connectivity index is 1.72. The summed E-state index contributed by atoms with van der Waals surface area (Å²) in [4.78, 5) is 17.6. The Morgan fingerprint density at radius 2 is 1.89 bits per heavy atom. The highest BCUT2D eigenvalue weighted by Gasteiger charge is 2.22. The van der Waals surface area contributed by atoms with Gasteiger partial charge in [0.1, 0.15) is 9.86 Å². The summed E-state index contributed by atoms with van der Waals surface area (Å²) >= 11 is 9.88. The zero-order chi connectivity index (χ0) is 18.2. The van der Waals surface area contributed by atoms with Crippen LogP contribution < -0.4 is 0 Å². The fraction of sp³-hybridized carbons (Fsp3) is 0.190. The van der Waals surface area contributed by atoms with Crippen LogP contribution in [0.5, 0.6) is 0 Å². The molecule has 0 saturated carbocycles. The summed E-state index contributed by atoms with van der Waals surface area (Å²) in [6.07, 6.45) is 8.34. The molecule has 0 unspecified atom stereocenters. The Hall–Kier alpha value is -1.95. The van der Waals surface area contributed by atoms with E-state index in [9.17, 15) is 0 Å². The van der Waals surface area contributed by atoms with Crippen molar-refractivity contribution in [2.75, 3.05) is 0 Å². The third-order valence-electron chi connectivity index (χ3n) is 4.74. The quantitative estimate of drug-likeness (QED) is 0.365. The van der Waals surface area contributed by atoms with Gasteiger partial charge < -0.3 is 0 Å². The predicted octanol–water partition coefficient (Wildman–Crippen LogP) is 6.44. The molecule has 0 spiro atoms. The zero-order valence-corrected chi connectivity index (χ0v) is 16.9. The average Bonchev–Trinajstić information content (AvgIpc) is 3.09. The first kappa shape index (κ1) is 17.2. The Morgan fingerprint density at radius 1 is 1.00 bits per heavy atom. The number of aromatic nitrogens is 3. The summed E-state index contributed by atoms with van der Waals surface area (Å²) in [5.41, 5.74) is 2.38. The van der Waals surface area contributed by atoms with Crippen LogP contribution in [0.25, 0.3) is 21.6 Å². The van der Waals surface area contributed by atoms with Gasteiger partial charge in [-0.25, -0.2) is 9.97 Å². The lowest BCUT2D eigenvalue weighted by Crippen LogP contribution is -1.99. The number of aryl methyl sites for hydroxylation is 2. The van der Waals surface area contributed by atoms with Crippen molar-refractivity contribution in [1.82, 2.24) is 15.0 Å². The molecule has 4 aromatic rings. The lowest BCUT2D eigenvalue weighted by molar-refractivity contribution is 0.699. The zero-order valence-electron chi connectivity index (χ0n) is 14.5. The number of hydrogen-bond acceptors (Lipinski definition) is 5. The topological polar surface area (TPSA) is 38.7 Å². The Labute approximate surface area is 170 Å². The fourth-order valence-corrected chi connectivity index (χ4v) is 6.01. The van der Waals surface area contributed by atoms with Gasteiger partial charge in [0.05, 0.1) is 5.02 Å². The molecule has 0 N–H and O–H groups in total. The van der Waals surface area contributed by atoms with E-state index in [1.54, 1.807) is 18.0 Å². The summed E-state index contributed by atoms with van der Waals surface area (Å²) in [7, 11) is 0. The van der Waals surface area contributed by atoms with Gasteiger partial charge in [-0.1, -0.05) is 35.5 Å². The molecule has 0 saturated heterocycles. The van der Waals surface area contributed by atoms with Gasteiger partial charge in [0.25, 0.3) is 0 Å². The summed E-state index contributed by atoms with van der Waals surface area (Å²) in [6, 6.07) is 11.9. The van der Waals surface area contributed by atoms with Crippen LogP contribution in [0.2, 0.25) is 5.02 Å². The van der Waals surface area contributed by atoms with Crippen molar-refractivity contribution < 1.29 is 0 Å². The highest BCUT2D eigenvalue weighted by atomic mass is 35.5. The molecule has 27 heavy (non-hydrogen) atoms. The molecule has 0 bridgehead atoms. The SMILES string of the molecule is Clc1ccccc1Sc1nc(-c2cccnc2)nc2sc3c(c12)CCCC3. The van der Waals surface area contributed by atoms with E-state index in [-0.39, 0.29) is 0 Å². The number of rotatable bonds is 3. The van der Waals surface area contributed by atoms with Gasteiger partial charge in [-0.05, 0) is 55.5 Å². The molecule has 0 fully saturated rings. The molecule has 5 rings (SSSR count). The Bertz CT molecular complexity index is 1130. The maximum absolute atomic E-state index is 6.43. The second-order valence-corrected chi connectivity index (χ2v) is 9.04. The maximum Gasteiger partial charge on any atom is 0.163 e. The first-order chi connectivity index (χ1) is 13.3. The monoisotopic (exact) mass is 409 g/mol. The number of halogens is 1. The molecule has 3 nitrogen and oxygen atoms in total. The van der Waals surface area contributed by atoms with Crippen molar-refractivity contribution in [2.24, 2.45) is 0 Å². The van der Waals surface area contributed by atoms with E-state index in [4.69, 9.17) is 21.6 Å². The number of nitrogens with zero attached hydrogens (tertiary/aromatic N) is 3. The minimum absolute atomic E-state index is 0.726. The molecule has 6 heteroatoms. The van der Waals surface area contributed by atoms with E-state index in [0.29, 0.717) is 0 Å². The second kappa shape index (κ2) is 7.23. The number of thiophene rings is 1. The predicted molar refractivity (Wildman–Crippen MR) is 113 cm³/mol. The van der Waals surface area contributed by atoms with Gasteiger partial charge in [0, 0.05) is 33.1 Å². The van der Waals surface area contributed by atoms with E-state index < -0.39 is 0 Å². The maximum atomic E-state index is 6.43. The van der Waals surface area contributed by atoms with Crippen LogP contribution >= 0.6 is 34.7 Å². The van der Waals surface area contributed by atoms with Gasteiger partial charge in [-0.15, -0.1) is 11.3 Å². The number of pyridine rings is 1. The van der Waals surface area contributed by atoms with Crippen LogP contribution in [0.1, 0.15) is 23.3 Å². The van der Waals surface area contributed by atoms with E-state index in [0.717, 1.165) is 44.0 Å². The van der Waals surface area contributed by atoms with Crippen LogP contribution in [0, 0.1) is 0 Å². The molecule has 3 aromatic heterocycles. The number of benzene rings is 1. The smallest absolute Gasteiger partial charge is 0.163 e. The van der Waals surface area contributed by atoms with Crippen LogP contribution in [-0.4, -0.2) is 15.0 Å². The molecule has 0 radical (unpaired) electrons. The van der Waals surface area contributed by atoms with Gasteiger partial charge in [-0.3, -0.25) is 4.98 Å². The first-order valence-corrected chi connectivity index (χ1v) is 11.0. The molecule has 1 aliphatic carbocycles. The molecule has 0 amide bonds. The summed E-state index contributed by atoms with van der Waals surface area (Å²) < 4.78 is 0. The lowest BCUT2D eigenvalue weighted by atomic mass is 9.97. The minimum Gasteiger partial charge on any atom is -0.264 e. The standard InChI is InChI=1S/C21H16ClN3S2/c22-15-8-2-4-10-17(15)27-21-18-14-7-1-3-9-16(14)26-20(18)24-19(25-21)13-6-5-11-23-12-13/h2,4-6,8,10-12H,1,3,7,9H2. The lowest BCUT2D eigenvalue weighted by Gasteiger charge is -2.12. The van der Waals surface area contributed by atoms with Crippen LogP contribution in [0.3, 0.4) is 0 Å². The Kier molecular flexibility index (Phi) is 4.60. The molecule has 0 atom stereocenters. The van der Waals surface area contributed by atoms with E-state index >= 15 is 0 Å². The highest BCUT2D eigenvalue weighted by Crippen LogP contribution is 2.43. The van der Waals surface area contributed by atoms with Crippen molar-refractivity contribution in [3.63, 3.8) is 0 Å². The van der Waals surface area contributed by atoms with Crippen LogP contribution in [0.15, 0.2) is 58.7 Å². The van der Waals surface area contributed by atoms with Crippen molar-refractivity contribution in [3.8, 4) is 11.4 Å². The van der Waals surface area contributed by atoms with Crippen molar-refractivity contribution in [2.45, 2.75) is 35.6 Å². The number of hydrogen-bond donors (Lipinski definition) is 0. The largest absolute Gasteiger partial charge is 0.264 e. The summed E-state index contributed by atoms with van der Waals surface area (Å²) in [5, 5.41) is 2.96. The fourth-order valence-electron chi connectivity index (χ4n) is 3.45. The van der Waals surface area contributed by atoms with Crippen molar-refractivity contribution >= 4 is 44.9 Å². The molecular weight excluding hydrogens is 394 g/mol. The van der Waals surface area contributed by atoms with Gasteiger partial charge in [-0.2, -0.15) is 0 Å². The van der Waals surface area contributed by atoms with Crippen molar-refractivity contribution in [3.05, 3.63) is 64.3 Å². The third kappa shape index (κ3) is 3.24. The number of fused-ring (bicyclic) bond motifs is 3. The van der Waals surface area contributed by atoms with E-state index in [1.165, 1.54) is 28.7 Å². The van der Waals surface area contributed by atoms with Gasteiger partial charge >= 0.3 is 0 Å². The van der Waals surface area contributed by atoms with Gasteiger partial charge in [0.2, 0.25) is 0 Å². The van der Waals surface area contributed by atoms with Crippen LogP contribution in [-0.2, 0) is 12.8 Å². The molecule has 134 valence electrons. The van der Waals surface area contributed by atoms with E-state index in [2.05, 4.69) is 4.98 Å². The van der Waals surface area contributed by atoms with E-state index in [1.807, 2.05) is 53.9 Å².